The Bertz CT molecular complexity index is 256. The smallest absolute Gasteiger partial charge is 0.213 e. The number of pyridine rings is 1. The molecule has 0 N–H and O–H groups in total. The number of ether oxygens (including phenoxy) is 1. The third-order valence-electron chi connectivity index (χ3n) is 1.86. The van der Waals surface area contributed by atoms with Gasteiger partial charge in [-0.2, -0.15) is 0 Å². The van der Waals surface area contributed by atoms with E-state index >= 15 is 0 Å². The lowest BCUT2D eigenvalue weighted by Gasteiger charge is -2.02. The van der Waals surface area contributed by atoms with E-state index in [1.54, 1.807) is 18.3 Å². The average molecular weight is 184 g/mol. The van der Waals surface area contributed by atoms with Crippen molar-refractivity contribution in [3.05, 3.63) is 23.4 Å². The van der Waals surface area contributed by atoms with Crippen LogP contribution in [0.15, 0.2) is 18.3 Å². The van der Waals surface area contributed by atoms with Gasteiger partial charge in [0.05, 0.1) is 11.6 Å². The molecule has 0 atom stereocenters. The normalized spacial score (nSPS) is 16.1. The van der Waals surface area contributed by atoms with Gasteiger partial charge >= 0.3 is 0 Å². The summed E-state index contributed by atoms with van der Waals surface area (Å²) in [7, 11) is 0. The molecule has 1 heterocycles. The molecule has 0 saturated heterocycles. The molecule has 0 amide bonds. The predicted molar refractivity (Wildman–Crippen MR) is 47.5 cm³/mol. The van der Waals surface area contributed by atoms with E-state index in [9.17, 15) is 0 Å². The van der Waals surface area contributed by atoms with E-state index in [1.807, 2.05) is 0 Å². The Kier molecular flexibility index (Phi) is 2.17. The standard InChI is InChI=1S/C9H10ClNO/c10-8-3-4-9(11-5-8)12-6-7-1-2-7/h3-5,7H,1-2,6H2. The molecular weight excluding hydrogens is 174 g/mol. The number of aromatic nitrogens is 1. The summed E-state index contributed by atoms with van der Waals surface area (Å²) >= 11 is 5.67. The van der Waals surface area contributed by atoms with Gasteiger partial charge in [-0.1, -0.05) is 11.6 Å². The first-order valence-corrected chi connectivity index (χ1v) is 4.47. The van der Waals surface area contributed by atoms with Crippen LogP contribution in [0, 0.1) is 5.92 Å². The molecule has 1 aliphatic carbocycles. The second-order valence-corrected chi connectivity index (χ2v) is 3.51. The van der Waals surface area contributed by atoms with Crippen LogP contribution >= 0.6 is 11.6 Å². The summed E-state index contributed by atoms with van der Waals surface area (Å²) in [5.74, 6) is 1.44. The highest BCUT2D eigenvalue weighted by Gasteiger charge is 2.21. The van der Waals surface area contributed by atoms with Crippen LogP contribution in [0.1, 0.15) is 12.8 Å². The molecule has 1 aliphatic rings. The molecular formula is C9H10ClNO. The maximum absolute atomic E-state index is 5.67. The van der Waals surface area contributed by atoms with Gasteiger partial charge in [-0.15, -0.1) is 0 Å². The van der Waals surface area contributed by atoms with Crippen molar-refractivity contribution in [2.75, 3.05) is 6.61 Å². The van der Waals surface area contributed by atoms with E-state index in [2.05, 4.69) is 4.98 Å². The lowest BCUT2D eigenvalue weighted by molar-refractivity contribution is 0.288. The summed E-state index contributed by atoms with van der Waals surface area (Å²) in [4.78, 5) is 4.02. The van der Waals surface area contributed by atoms with Gasteiger partial charge in [0, 0.05) is 12.3 Å². The highest BCUT2D eigenvalue weighted by atomic mass is 35.5. The van der Waals surface area contributed by atoms with Crippen molar-refractivity contribution in [3.8, 4) is 5.88 Å². The second kappa shape index (κ2) is 3.31. The van der Waals surface area contributed by atoms with Crippen molar-refractivity contribution in [2.45, 2.75) is 12.8 Å². The zero-order chi connectivity index (χ0) is 8.39. The van der Waals surface area contributed by atoms with Crippen molar-refractivity contribution in [1.82, 2.24) is 4.98 Å². The quantitative estimate of drug-likeness (QED) is 0.719. The second-order valence-electron chi connectivity index (χ2n) is 3.07. The highest BCUT2D eigenvalue weighted by Crippen LogP contribution is 2.29. The molecule has 1 fully saturated rings. The van der Waals surface area contributed by atoms with Gasteiger partial charge < -0.3 is 4.74 Å². The fourth-order valence-corrected chi connectivity index (χ4v) is 1.05. The van der Waals surface area contributed by atoms with E-state index in [0.717, 1.165) is 12.5 Å². The fourth-order valence-electron chi connectivity index (χ4n) is 0.935. The summed E-state index contributed by atoms with van der Waals surface area (Å²) in [6.07, 6.45) is 4.20. The van der Waals surface area contributed by atoms with Gasteiger partial charge in [0.1, 0.15) is 0 Å². The number of hydrogen-bond donors (Lipinski definition) is 0. The van der Waals surface area contributed by atoms with Crippen LogP contribution in [0.2, 0.25) is 5.02 Å². The molecule has 2 rings (SSSR count). The van der Waals surface area contributed by atoms with Gasteiger partial charge in [-0.3, -0.25) is 0 Å². The van der Waals surface area contributed by atoms with E-state index in [0.29, 0.717) is 10.9 Å². The van der Waals surface area contributed by atoms with E-state index in [1.165, 1.54) is 12.8 Å². The minimum atomic E-state index is 0.647. The van der Waals surface area contributed by atoms with Crippen LogP contribution in [0.3, 0.4) is 0 Å². The van der Waals surface area contributed by atoms with E-state index < -0.39 is 0 Å². The first kappa shape index (κ1) is 7.87. The fraction of sp³-hybridized carbons (Fsp3) is 0.444. The van der Waals surface area contributed by atoms with Gasteiger partial charge in [-0.25, -0.2) is 4.98 Å². The molecule has 0 aromatic carbocycles. The molecule has 2 nitrogen and oxygen atoms in total. The van der Waals surface area contributed by atoms with Crippen LogP contribution in [-0.4, -0.2) is 11.6 Å². The zero-order valence-corrected chi connectivity index (χ0v) is 7.42. The lowest BCUT2D eigenvalue weighted by atomic mass is 10.4. The van der Waals surface area contributed by atoms with Crippen molar-refractivity contribution in [1.29, 1.82) is 0 Å². The Balaban J connectivity index is 1.89. The molecule has 0 unspecified atom stereocenters. The Labute approximate surface area is 76.5 Å². The van der Waals surface area contributed by atoms with Crippen LogP contribution < -0.4 is 4.74 Å². The third kappa shape index (κ3) is 2.11. The molecule has 1 aromatic rings. The average Bonchev–Trinajstić information content (AvgIpc) is 2.87. The molecule has 3 heteroatoms. The molecule has 64 valence electrons. The van der Waals surface area contributed by atoms with Gasteiger partial charge in [0.2, 0.25) is 5.88 Å². The first-order valence-electron chi connectivity index (χ1n) is 4.09. The maximum atomic E-state index is 5.67. The van der Waals surface area contributed by atoms with Gasteiger partial charge in [0.25, 0.3) is 0 Å². The number of hydrogen-bond acceptors (Lipinski definition) is 2. The lowest BCUT2D eigenvalue weighted by Crippen LogP contribution is -1.99. The molecule has 1 saturated carbocycles. The summed E-state index contributed by atoms with van der Waals surface area (Å²) < 4.78 is 5.42. The Morgan fingerprint density at radius 2 is 2.33 bits per heavy atom. The van der Waals surface area contributed by atoms with Crippen LogP contribution in [0.4, 0.5) is 0 Å². The van der Waals surface area contributed by atoms with Crippen molar-refractivity contribution >= 4 is 11.6 Å². The molecule has 1 aromatic heterocycles. The summed E-state index contributed by atoms with van der Waals surface area (Å²) in [6, 6.07) is 3.58. The zero-order valence-electron chi connectivity index (χ0n) is 6.66. The summed E-state index contributed by atoms with van der Waals surface area (Å²) in [6.45, 7) is 0.800. The van der Waals surface area contributed by atoms with E-state index in [4.69, 9.17) is 16.3 Å². The van der Waals surface area contributed by atoms with Crippen LogP contribution in [0.5, 0.6) is 5.88 Å². The third-order valence-corrected chi connectivity index (χ3v) is 2.09. The van der Waals surface area contributed by atoms with Crippen molar-refractivity contribution < 1.29 is 4.74 Å². The van der Waals surface area contributed by atoms with Crippen LogP contribution in [0.25, 0.3) is 0 Å². The molecule has 12 heavy (non-hydrogen) atoms. The maximum Gasteiger partial charge on any atom is 0.213 e. The predicted octanol–water partition coefficient (Wildman–Crippen LogP) is 2.52. The van der Waals surface area contributed by atoms with Crippen LogP contribution in [-0.2, 0) is 0 Å². The van der Waals surface area contributed by atoms with Gasteiger partial charge in [-0.05, 0) is 24.8 Å². The van der Waals surface area contributed by atoms with Gasteiger partial charge in [0.15, 0.2) is 0 Å². The molecule has 0 aliphatic heterocycles. The highest BCUT2D eigenvalue weighted by molar-refractivity contribution is 6.30. The number of rotatable bonds is 3. The number of nitrogens with zero attached hydrogens (tertiary/aromatic N) is 1. The minimum absolute atomic E-state index is 0.647. The monoisotopic (exact) mass is 183 g/mol. The summed E-state index contributed by atoms with van der Waals surface area (Å²) in [5.41, 5.74) is 0. The summed E-state index contributed by atoms with van der Waals surface area (Å²) in [5, 5.41) is 0.647. The Morgan fingerprint density at radius 3 is 2.92 bits per heavy atom. The SMILES string of the molecule is Clc1ccc(OCC2CC2)nc1. The largest absolute Gasteiger partial charge is 0.477 e. The first-order chi connectivity index (χ1) is 5.84. The Hall–Kier alpha value is -0.760. The molecule has 0 bridgehead atoms. The number of halogens is 1. The molecule has 0 spiro atoms. The van der Waals surface area contributed by atoms with Crippen molar-refractivity contribution in [2.24, 2.45) is 5.92 Å². The molecule has 0 radical (unpaired) electrons. The minimum Gasteiger partial charge on any atom is -0.477 e. The topological polar surface area (TPSA) is 22.1 Å². The van der Waals surface area contributed by atoms with E-state index in [-0.39, 0.29) is 0 Å². The Morgan fingerprint density at radius 1 is 1.50 bits per heavy atom. The van der Waals surface area contributed by atoms with Crippen molar-refractivity contribution in [3.63, 3.8) is 0 Å².